The first-order valence-electron chi connectivity index (χ1n) is 4.34. The molecule has 0 heterocycles. The summed E-state index contributed by atoms with van der Waals surface area (Å²) in [7, 11) is 3.86. The molecule has 0 aliphatic rings. The van der Waals surface area contributed by atoms with Crippen LogP contribution in [0.3, 0.4) is 0 Å². The highest BCUT2D eigenvalue weighted by molar-refractivity contribution is 14.2. The Bertz CT molecular complexity index is 265. The average molecular weight is 307 g/mol. The summed E-state index contributed by atoms with van der Waals surface area (Å²) in [5, 5.41) is 0. The van der Waals surface area contributed by atoms with E-state index in [9.17, 15) is 0 Å². The molecule has 0 unspecified atom stereocenters. The molecule has 0 aliphatic heterocycles. The van der Waals surface area contributed by atoms with Gasteiger partial charge in [-0.25, -0.2) is 4.31 Å². The molecule has 1 aromatic rings. The Morgan fingerprint density at radius 1 is 1.31 bits per heavy atom. The molecule has 0 fully saturated rings. The number of benzene rings is 1. The fraction of sp³-hybridized carbons (Fsp3) is 0.400. The molecule has 0 aliphatic carbocycles. The highest BCUT2D eigenvalue weighted by Crippen LogP contribution is 2.20. The highest BCUT2D eigenvalue weighted by Gasteiger charge is 2.02. The molecule has 0 bridgehead atoms. The van der Waals surface area contributed by atoms with E-state index in [1.165, 1.54) is 11.1 Å². The van der Waals surface area contributed by atoms with E-state index in [0.717, 1.165) is 13.0 Å². The van der Waals surface area contributed by atoms with E-state index in [4.69, 9.17) is 0 Å². The van der Waals surface area contributed by atoms with Crippen molar-refractivity contribution < 1.29 is 0 Å². The number of halogens is 1. The van der Waals surface area contributed by atoms with Crippen molar-refractivity contribution in [1.82, 2.24) is 4.31 Å². The average Bonchev–Trinajstić information content (AvgIpc) is 2.18. The molecule has 0 saturated heterocycles. The van der Waals surface area contributed by atoms with Crippen molar-refractivity contribution in [2.24, 2.45) is 0 Å². The third kappa shape index (κ3) is 3.48. The van der Waals surface area contributed by atoms with E-state index in [1.54, 1.807) is 9.12 Å². The van der Waals surface area contributed by atoms with Gasteiger partial charge in [-0.15, -0.1) is 0 Å². The van der Waals surface area contributed by atoms with E-state index >= 15 is 0 Å². The van der Waals surface area contributed by atoms with Gasteiger partial charge in [-0.3, -0.25) is 0 Å². The van der Waals surface area contributed by atoms with E-state index in [-0.39, 0.29) is 0 Å². The van der Waals surface area contributed by atoms with Gasteiger partial charge in [0.2, 0.25) is 0 Å². The fourth-order valence-electron chi connectivity index (χ4n) is 1.32. The second kappa shape index (κ2) is 5.88. The van der Waals surface area contributed by atoms with Crippen LogP contribution in [0.15, 0.2) is 24.3 Å². The number of hydrogen-bond donors (Lipinski definition) is 0. The standard InChI is InChI=1S/C10H14INS/c1-3-9-6-4-5-7-10(9)8-12(2)13-11/h4-7H,3,8H2,1-2H3. The molecule has 1 nitrogen and oxygen atoms in total. The van der Waals surface area contributed by atoms with Crippen molar-refractivity contribution in [2.45, 2.75) is 19.9 Å². The first-order valence-corrected chi connectivity index (χ1v) is 7.66. The van der Waals surface area contributed by atoms with Crippen LogP contribution in [0.5, 0.6) is 0 Å². The Balaban J connectivity index is 2.74. The summed E-state index contributed by atoms with van der Waals surface area (Å²) in [4.78, 5) is 0. The Labute approximate surface area is 96.6 Å². The maximum absolute atomic E-state index is 2.31. The molecular weight excluding hydrogens is 293 g/mol. The topological polar surface area (TPSA) is 3.24 Å². The van der Waals surface area contributed by atoms with Gasteiger partial charge in [-0.2, -0.15) is 0 Å². The van der Waals surface area contributed by atoms with Crippen LogP contribution in [-0.2, 0) is 13.0 Å². The van der Waals surface area contributed by atoms with Gasteiger partial charge in [0, 0.05) is 27.8 Å². The van der Waals surface area contributed by atoms with Gasteiger partial charge in [0.1, 0.15) is 0 Å². The van der Waals surface area contributed by atoms with Crippen LogP contribution in [0.25, 0.3) is 0 Å². The lowest BCUT2D eigenvalue weighted by atomic mass is 10.1. The Hall–Kier alpha value is 0.260. The van der Waals surface area contributed by atoms with Crippen molar-refractivity contribution >= 4 is 30.3 Å². The molecule has 0 amide bonds. The number of aryl methyl sites for hydroxylation is 1. The molecule has 0 atom stereocenters. The van der Waals surface area contributed by atoms with Crippen molar-refractivity contribution in [3.8, 4) is 0 Å². The third-order valence-electron chi connectivity index (χ3n) is 2.01. The largest absolute Gasteiger partial charge is 0.240 e. The zero-order valence-corrected chi connectivity index (χ0v) is 10.9. The summed E-state index contributed by atoms with van der Waals surface area (Å²) in [6, 6.07) is 8.64. The third-order valence-corrected chi connectivity index (χ3v) is 4.39. The van der Waals surface area contributed by atoms with Gasteiger partial charge < -0.3 is 0 Å². The fourth-order valence-corrected chi connectivity index (χ4v) is 1.93. The minimum Gasteiger partial charge on any atom is -0.240 e. The molecule has 0 N–H and O–H groups in total. The summed E-state index contributed by atoms with van der Waals surface area (Å²) in [6.45, 7) is 3.23. The molecule has 0 aromatic heterocycles. The second-order valence-electron chi connectivity index (χ2n) is 2.98. The van der Waals surface area contributed by atoms with Crippen LogP contribution >= 0.6 is 30.3 Å². The smallest absolute Gasteiger partial charge is 0.0347 e. The maximum atomic E-state index is 2.31. The Morgan fingerprint density at radius 3 is 2.46 bits per heavy atom. The summed E-state index contributed by atoms with van der Waals surface area (Å²) >= 11 is 2.31. The van der Waals surface area contributed by atoms with E-state index in [1.807, 2.05) is 0 Å². The zero-order chi connectivity index (χ0) is 9.68. The first kappa shape index (κ1) is 11.3. The molecule has 72 valence electrons. The van der Waals surface area contributed by atoms with Crippen LogP contribution in [0, 0.1) is 0 Å². The normalized spacial score (nSPS) is 10.8. The Morgan fingerprint density at radius 2 is 1.92 bits per heavy atom. The lowest BCUT2D eigenvalue weighted by molar-refractivity contribution is 0.568. The Kier molecular flexibility index (Phi) is 5.13. The predicted molar refractivity (Wildman–Crippen MR) is 68.9 cm³/mol. The lowest BCUT2D eigenvalue weighted by Crippen LogP contribution is -2.07. The first-order chi connectivity index (χ1) is 6.27. The van der Waals surface area contributed by atoms with Crippen molar-refractivity contribution in [3.63, 3.8) is 0 Å². The number of nitrogens with zero attached hydrogens (tertiary/aromatic N) is 1. The maximum Gasteiger partial charge on any atom is 0.0347 e. The number of hydrogen-bond acceptors (Lipinski definition) is 2. The quantitative estimate of drug-likeness (QED) is 0.617. The summed E-state index contributed by atoms with van der Waals surface area (Å²) in [5.41, 5.74) is 2.90. The van der Waals surface area contributed by atoms with Gasteiger partial charge in [0.05, 0.1) is 0 Å². The number of rotatable bonds is 4. The molecule has 0 radical (unpaired) electrons. The van der Waals surface area contributed by atoms with Crippen molar-refractivity contribution in [2.75, 3.05) is 7.05 Å². The van der Waals surface area contributed by atoms with Crippen molar-refractivity contribution in [3.05, 3.63) is 35.4 Å². The van der Waals surface area contributed by atoms with Crippen molar-refractivity contribution in [1.29, 1.82) is 0 Å². The van der Waals surface area contributed by atoms with Crippen LogP contribution in [0.2, 0.25) is 0 Å². The van der Waals surface area contributed by atoms with Gasteiger partial charge in [-0.05, 0) is 33.7 Å². The molecule has 1 rings (SSSR count). The highest BCUT2D eigenvalue weighted by atomic mass is 127. The molecule has 13 heavy (non-hydrogen) atoms. The van der Waals surface area contributed by atoms with Gasteiger partial charge >= 0.3 is 0 Å². The van der Waals surface area contributed by atoms with E-state index in [0.29, 0.717) is 0 Å². The van der Waals surface area contributed by atoms with Crippen LogP contribution in [-0.4, -0.2) is 11.4 Å². The zero-order valence-electron chi connectivity index (χ0n) is 7.96. The van der Waals surface area contributed by atoms with Crippen LogP contribution in [0.4, 0.5) is 0 Å². The van der Waals surface area contributed by atoms with Gasteiger partial charge in [-0.1, -0.05) is 31.2 Å². The minimum absolute atomic E-state index is 1.03. The van der Waals surface area contributed by atoms with E-state index in [2.05, 4.69) is 63.7 Å². The predicted octanol–water partition coefficient (Wildman–Crippen LogP) is 3.68. The molecule has 0 spiro atoms. The SMILES string of the molecule is CCc1ccccc1CN(C)SI. The molecule has 1 aromatic carbocycles. The van der Waals surface area contributed by atoms with Gasteiger partial charge in [0.15, 0.2) is 0 Å². The minimum atomic E-state index is 1.03. The summed E-state index contributed by atoms with van der Waals surface area (Å²) in [5.74, 6) is 0. The van der Waals surface area contributed by atoms with Gasteiger partial charge in [0.25, 0.3) is 0 Å². The molecule has 3 heteroatoms. The van der Waals surface area contributed by atoms with Crippen LogP contribution in [0.1, 0.15) is 18.1 Å². The summed E-state index contributed by atoms with van der Waals surface area (Å²) < 4.78 is 2.23. The van der Waals surface area contributed by atoms with E-state index < -0.39 is 0 Å². The second-order valence-corrected chi connectivity index (χ2v) is 4.92. The van der Waals surface area contributed by atoms with Crippen LogP contribution < -0.4 is 0 Å². The summed E-state index contributed by atoms with van der Waals surface area (Å²) in [6.07, 6.45) is 1.12. The monoisotopic (exact) mass is 307 g/mol. The lowest BCUT2D eigenvalue weighted by Gasteiger charge is -2.13. The molecular formula is C10H14INS. The molecule has 0 saturated carbocycles.